The average Bonchev–Trinajstić information content (AvgIpc) is 3.35. The Balaban J connectivity index is 1.36. The first-order valence-electron chi connectivity index (χ1n) is 10.2. The molecule has 0 unspecified atom stereocenters. The minimum atomic E-state index is 0.173. The Morgan fingerprint density at radius 1 is 0.931 bits per heavy atom. The zero-order valence-electron chi connectivity index (χ0n) is 17.4. The second-order valence-electron chi connectivity index (χ2n) is 8.38. The standard InChI is InChI=1S/C25H28N2OS/c1-25(2,3)19-12-14-20(15-13-19)28-17-7-6-16-27-22-10-5-4-9-21(22)26-24(27)23-11-8-18-29-23/h4-5,8-15,18H,6-7,16-17H2,1-3H3. The van der Waals surface area contributed by atoms with E-state index in [1.54, 1.807) is 11.3 Å². The van der Waals surface area contributed by atoms with Gasteiger partial charge in [0.05, 0.1) is 22.5 Å². The third-order valence-corrected chi connectivity index (χ3v) is 6.03. The van der Waals surface area contributed by atoms with Gasteiger partial charge in [0.2, 0.25) is 0 Å². The topological polar surface area (TPSA) is 27.1 Å². The van der Waals surface area contributed by atoms with Crippen LogP contribution in [0.2, 0.25) is 0 Å². The first-order chi connectivity index (χ1) is 14.0. The minimum absolute atomic E-state index is 0.173. The monoisotopic (exact) mass is 404 g/mol. The van der Waals surface area contributed by atoms with Crippen LogP contribution in [0.25, 0.3) is 21.7 Å². The predicted octanol–water partition coefficient (Wildman–Crippen LogP) is 6.92. The zero-order chi connectivity index (χ0) is 20.3. The predicted molar refractivity (Wildman–Crippen MR) is 123 cm³/mol. The number of fused-ring (bicyclic) bond motifs is 1. The van der Waals surface area contributed by atoms with Crippen LogP contribution in [-0.2, 0) is 12.0 Å². The Morgan fingerprint density at radius 3 is 2.45 bits per heavy atom. The molecule has 0 bridgehead atoms. The van der Waals surface area contributed by atoms with E-state index in [4.69, 9.17) is 9.72 Å². The van der Waals surface area contributed by atoms with E-state index in [2.05, 4.69) is 91.4 Å². The number of hydrogen-bond acceptors (Lipinski definition) is 3. The number of nitrogens with zero attached hydrogens (tertiary/aromatic N) is 2. The second kappa shape index (κ2) is 8.42. The molecule has 0 saturated heterocycles. The van der Waals surface area contributed by atoms with Crippen LogP contribution in [0, 0.1) is 0 Å². The quantitative estimate of drug-likeness (QED) is 0.313. The summed E-state index contributed by atoms with van der Waals surface area (Å²) in [5.41, 5.74) is 3.77. The maximum Gasteiger partial charge on any atom is 0.151 e. The third-order valence-electron chi connectivity index (χ3n) is 5.16. The number of para-hydroxylation sites is 2. The van der Waals surface area contributed by atoms with Gasteiger partial charge >= 0.3 is 0 Å². The number of ether oxygens (including phenoxy) is 1. The number of aromatic nitrogens is 2. The molecule has 0 aliphatic heterocycles. The summed E-state index contributed by atoms with van der Waals surface area (Å²) in [4.78, 5) is 6.09. The summed E-state index contributed by atoms with van der Waals surface area (Å²) < 4.78 is 8.31. The number of thiophene rings is 1. The number of benzene rings is 2. The van der Waals surface area contributed by atoms with E-state index in [0.717, 1.165) is 43.1 Å². The summed E-state index contributed by atoms with van der Waals surface area (Å²) in [7, 11) is 0. The molecule has 2 aromatic carbocycles. The van der Waals surface area contributed by atoms with Gasteiger partial charge in [-0.25, -0.2) is 4.98 Å². The first-order valence-corrected chi connectivity index (χ1v) is 11.1. The molecule has 0 atom stereocenters. The van der Waals surface area contributed by atoms with Crippen molar-refractivity contribution in [3.8, 4) is 16.5 Å². The minimum Gasteiger partial charge on any atom is -0.494 e. The van der Waals surface area contributed by atoms with E-state index in [9.17, 15) is 0 Å². The Kier molecular flexibility index (Phi) is 5.72. The largest absolute Gasteiger partial charge is 0.494 e. The van der Waals surface area contributed by atoms with Gasteiger partial charge in [-0.1, -0.05) is 51.1 Å². The van der Waals surface area contributed by atoms with Crippen molar-refractivity contribution in [2.24, 2.45) is 0 Å². The molecule has 2 aromatic heterocycles. The van der Waals surface area contributed by atoms with Gasteiger partial charge in [0.15, 0.2) is 5.82 Å². The molecule has 0 N–H and O–H groups in total. The molecule has 150 valence electrons. The van der Waals surface area contributed by atoms with Gasteiger partial charge in [0.25, 0.3) is 0 Å². The maximum atomic E-state index is 5.96. The van der Waals surface area contributed by atoms with Gasteiger partial charge in [-0.2, -0.15) is 0 Å². The van der Waals surface area contributed by atoms with Gasteiger partial charge < -0.3 is 9.30 Å². The van der Waals surface area contributed by atoms with Crippen LogP contribution in [0.3, 0.4) is 0 Å². The van der Waals surface area contributed by atoms with Crippen LogP contribution in [0.5, 0.6) is 5.75 Å². The highest BCUT2D eigenvalue weighted by atomic mass is 32.1. The Hall–Kier alpha value is -2.59. The lowest BCUT2D eigenvalue weighted by molar-refractivity contribution is 0.303. The summed E-state index contributed by atoms with van der Waals surface area (Å²) in [5.74, 6) is 2.02. The third kappa shape index (κ3) is 4.54. The van der Waals surface area contributed by atoms with Crippen LogP contribution in [-0.4, -0.2) is 16.2 Å². The lowest BCUT2D eigenvalue weighted by Gasteiger charge is -2.19. The SMILES string of the molecule is CC(C)(C)c1ccc(OCCCCn2c(-c3cccs3)nc3ccccc32)cc1. The first kappa shape index (κ1) is 19.7. The molecule has 0 aliphatic rings. The summed E-state index contributed by atoms with van der Waals surface area (Å²) in [6.07, 6.45) is 2.07. The highest BCUT2D eigenvalue weighted by molar-refractivity contribution is 7.13. The van der Waals surface area contributed by atoms with Gasteiger partial charge in [-0.3, -0.25) is 0 Å². The van der Waals surface area contributed by atoms with E-state index in [0.29, 0.717) is 0 Å². The van der Waals surface area contributed by atoms with Gasteiger partial charge in [-0.15, -0.1) is 11.3 Å². The lowest BCUT2D eigenvalue weighted by atomic mass is 9.87. The van der Waals surface area contributed by atoms with Crippen molar-refractivity contribution >= 4 is 22.4 Å². The van der Waals surface area contributed by atoms with Crippen molar-refractivity contribution in [2.75, 3.05) is 6.61 Å². The molecule has 2 heterocycles. The van der Waals surface area contributed by atoms with Gasteiger partial charge in [0, 0.05) is 6.54 Å². The molecule has 0 amide bonds. The second-order valence-corrected chi connectivity index (χ2v) is 9.33. The molecule has 3 nitrogen and oxygen atoms in total. The number of unbranched alkanes of at least 4 members (excludes halogenated alkanes) is 1. The van der Waals surface area contributed by atoms with Crippen LogP contribution in [0.4, 0.5) is 0 Å². The summed E-state index contributed by atoms with van der Waals surface area (Å²) >= 11 is 1.74. The van der Waals surface area contributed by atoms with E-state index >= 15 is 0 Å². The van der Waals surface area contributed by atoms with Crippen molar-refractivity contribution < 1.29 is 4.74 Å². The smallest absolute Gasteiger partial charge is 0.151 e. The molecular weight excluding hydrogens is 376 g/mol. The molecular formula is C25H28N2OS. The zero-order valence-corrected chi connectivity index (χ0v) is 18.2. The van der Waals surface area contributed by atoms with E-state index in [1.165, 1.54) is 16.0 Å². The molecule has 4 heteroatoms. The van der Waals surface area contributed by atoms with Crippen LogP contribution >= 0.6 is 11.3 Å². The fourth-order valence-electron chi connectivity index (χ4n) is 3.51. The summed E-state index contributed by atoms with van der Waals surface area (Å²) in [6, 6.07) is 21.1. The van der Waals surface area contributed by atoms with Gasteiger partial charge in [0.1, 0.15) is 5.75 Å². The molecule has 0 aliphatic carbocycles. The Bertz CT molecular complexity index is 1060. The molecule has 0 saturated carbocycles. The molecule has 0 radical (unpaired) electrons. The van der Waals surface area contributed by atoms with Crippen LogP contribution in [0.15, 0.2) is 66.0 Å². The number of hydrogen-bond donors (Lipinski definition) is 0. The van der Waals surface area contributed by atoms with Crippen LogP contribution in [0.1, 0.15) is 39.2 Å². The van der Waals surface area contributed by atoms with Crippen molar-refractivity contribution in [2.45, 2.75) is 45.6 Å². The molecule has 4 rings (SSSR count). The maximum absolute atomic E-state index is 5.96. The molecule has 0 spiro atoms. The average molecular weight is 405 g/mol. The van der Waals surface area contributed by atoms with Crippen molar-refractivity contribution in [1.82, 2.24) is 9.55 Å². The van der Waals surface area contributed by atoms with Crippen molar-refractivity contribution in [1.29, 1.82) is 0 Å². The number of rotatable bonds is 7. The fraction of sp³-hybridized carbons (Fsp3) is 0.320. The Morgan fingerprint density at radius 2 is 1.72 bits per heavy atom. The highest BCUT2D eigenvalue weighted by Crippen LogP contribution is 2.29. The normalized spacial score (nSPS) is 11.8. The number of imidazole rings is 1. The van der Waals surface area contributed by atoms with Crippen molar-refractivity contribution in [3.63, 3.8) is 0 Å². The molecule has 29 heavy (non-hydrogen) atoms. The van der Waals surface area contributed by atoms with Crippen LogP contribution < -0.4 is 4.74 Å². The number of aryl methyl sites for hydroxylation is 1. The van der Waals surface area contributed by atoms with Gasteiger partial charge in [-0.05, 0) is 59.5 Å². The van der Waals surface area contributed by atoms with E-state index in [1.807, 2.05) is 0 Å². The summed E-state index contributed by atoms with van der Waals surface area (Å²) in [6.45, 7) is 8.36. The van der Waals surface area contributed by atoms with E-state index < -0.39 is 0 Å². The summed E-state index contributed by atoms with van der Waals surface area (Å²) in [5, 5.41) is 2.11. The molecule has 4 aromatic rings. The Labute approximate surface area is 177 Å². The fourth-order valence-corrected chi connectivity index (χ4v) is 4.23. The lowest BCUT2D eigenvalue weighted by Crippen LogP contribution is -2.10. The molecule has 0 fully saturated rings. The highest BCUT2D eigenvalue weighted by Gasteiger charge is 2.14. The van der Waals surface area contributed by atoms with E-state index in [-0.39, 0.29) is 5.41 Å². The van der Waals surface area contributed by atoms with Crippen molar-refractivity contribution in [3.05, 3.63) is 71.6 Å².